The predicted molar refractivity (Wildman–Crippen MR) is 79.1 cm³/mol. The third-order valence-electron chi connectivity index (χ3n) is 4.38. The molecule has 0 atom stereocenters. The summed E-state index contributed by atoms with van der Waals surface area (Å²) in [5.41, 5.74) is 12.2. The van der Waals surface area contributed by atoms with Crippen LogP contribution in [0.15, 0.2) is 18.2 Å². The number of anilines is 1. The van der Waals surface area contributed by atoms with Gasteiger partial charge in [0.2, 0.25) is 0 Å². The Morgan fingerprint density at radius 1 is 1.16 bits per heavy atom. The summed E-state index contributed by atoms with van der Waals surface area (Å²) in [5, 5.41) is 7.42. The van der Waals surface area contributed by atoms with E-state index in [4.69, 9.17) is 5.73 Å². The highest BCUT2D eigenvalue weighted by Gasteiger charge is 2.24. The smallest absolute Gasteiger partial charge is 0.153 e. The van der Waals surface area contributed by atoms with Crippen molar-refractivity contribution in [2.24, 2.45) is 0 Å². The summed E-state index contributed by atoms with van der Waals surface area (Å²) in [4.78, 5) is 0. The van der Waals surface area contributed by atoms with Gasteiger partial charge in [-0.1, -0.05) is 31.0 Å². The number of hydrogen-bond acceptors (Lipinski definition) is 2. The van der Waals surface area contributed by atoms with Crippen molar-refractivity contribution in [3.05, 3.63) is 35.0 Å². The molecule has 3 rings (SSSR count). The van der Waals surface area contributed by atoms with Gasteiger partial charge in [-0.15, -0.1) is 0 Å². The molecule has 1 saturated carbocycles. The van der Waals surface area contributed by atoms with Crippen molar-refractivity contribution in [3.63, 3.8) is 0 Å². The highest BCUT2D eigenvalue weighted by Crippen LogP contribution is 2.40. The van der Waals surface area contributed by atoms with Gasteiger partial charge in [-0.25, -0.2) is 0 Å². The molecule has 0 spiro atoms. The van der Waals surface area contributed by atoms with Crippen LogP contribution >= 0.6 is 0 Å². The number of nitrogens with two attached hydrogens (primary N) is 1. The largest absolute Gasteiger partial charge is 0.382 e. The zero-order chi connectivity index (χ0) is 13.4. The van der Waals surface area contributed by atoms with Gasteiger partial charge in [0.05, 0.1) is 0 Å². The number of benzene rings is 1. The highest BCUT2D eigenvalue weighted by atomic mass is 15.2. The van der Waals surface area contributed by atoms with Gasteiger partial charge >= 0.3 is 0 Å². The molecule has 2 aromatic rings. The van der Waals surface area contributed by atoms with Crippen molar-refractivity contribution < 1.29 is 0 Å². The van der Waals surface area contributed by atoms with Crippen molar-refractivity contribution in [1.82, 2.24) is 10.2 Å². The SMILES string of the molecule is Cc1ccc(-c2c(N)n[nH]c2C2CCCC2)cc1C. The fourth-order valence-corrected chi connectivity index (χ4v) is 3.08. The predicted octanol–water partition coefficient (Wildman–Crippen LogP) is 3.93. The van der Waals surface area contributed by atoms with Crippen LogP contribution in [-0.2, 0) is 0 Å². The van der Waals surface area contributed by atoms with Crippen molar-refractivity contribution in [1.29, 1.82) is 0 Å². The lowest BCUT2D eigenvalue weighted by molar-refractivity contribution is 0.694. The first-order chi connectivity index (χ1) is 9.16. The molecule has 0 unspecified atom stereocenters. The zero-order valence-electron chi connectivity index (χ0n) is 11.7. The van der Waals surface area contributed by atoms with Crippen molar-refractivity contribution in [2.75, 3.05) is 5.73 Å². The molecule has 3 N–H and O–H groups in total. The second-order valence-electron chi connectivity index (χ2n) is 5.68. The van der Waals surface area contributed by atoms with Crippen LogP contribution in [0.1, 0.15) is 48.4 Å². The van der Waals surface area contributed by atoms with Crippen molar-refractivity contribution in [2.45, 2.75) is 45.4 Å². The maximum Gasteiger partial charge on any atom is 0.153 e. The number of hydrogen-bond donors (Lipinski definition) is 2. The Labute approximate surface area is 114 Å². The molecule has 1 aromatic carbocycles. The van der Waals surface area contributed by atoms with Gasteiger partial charge in [-0.2, -0.15) is 5.10 Å². The first kappa shape index (κ1) is 12.3. The number of aromatic amines is 1. The lowest BCUT2D eigenvalue weighted by atomic mass is 9.94. The van der Waals surface area contributed by atoms with Crippen LogP contribution in [0.3, 0.4) is 0 Å². The summed E-state index contributed by atoms with van der Waals surface area (Å²) in [7, 11) is 0. The standard InChI is InChI=1S/C16H21N3/c1-10-7-8-13(9-11(10)2)14-15(18-19-16(14)17)12-5-3-4-6-12/h7-9,12H,3-6H2,1-2H3,(H3,17,18,19). The van der Waals surface area contributed by atoms with E-state index in [0.717, 1.165) is 5.56 Å². The maximum absolute atomic E-state index is 6.09. The number of nitrogens with one attached hydrogen (secondary N) is 1. The Morgan fingerprint density at radius 3 is 2.58 bits per heavy atom. The monoisotopic (exact) mass is 255 g/mol. The average Bonchev–Trinajstić information content (AvgIpc) is 3.01. The first-order valence-corrected chi connectivity index (χ1v) is 7.08. The summed E-state index contributed by atoms with van der Waals surface area (Å²) >= 11 is 0. The van der Waals surface area contributed by atoms with E-state index in [0.29, 0.717) is 11.7 Å². The summed E-state index contributed by atoms with van der Waals surface area (Å²) in [6.45, 7) is 4.28. The van der Waals surface area contributed by atoms with E-state index >= 15 is 0 Å². The molecule has 1 heterocycles. The fourth-order valence-electron chi connectivity index (χ4n) is 3.08. The van der Waals surface area contributed by atoms with Crippen LogP contribution in [0.5, 0.6) is 0 Å². The van der Waals surface area contributed by atoms with E-state index in [9.17, 15) is 0 Å². The number of nitrogens with zero attached hydrogens (tertiary/aromatic N) is 1. The van der Waals surface area contributed by atoms with Crippen LogP contribution in [0.4, 0.5) is 5.82 Å². The minimum absolute atomic E-state index is 0.599. The van der Waals surface area contributed by atoms with E-state index in [1.165, 1.54) is 48.1 Å². The van der Waals surface area contributed by atoms with E-state index in [1.807, 2.05) is 0 Å². The number of rotatable bonds is 2. The van der Waals surface area contributed by atoms with Gasteiger partial charge in [-0.05, 0) is 43.4 Å². The van der Waals surface area contributed by atoms with Crippen molar-refractivity contribution >= 4 is 5.82 Å². The van der Waals surface area contributed by atoms with Gasteiger partial charge in [0.1, 0.15) is 0 Å². The summed E-state index contributed by atoms with van der Waals surface area (Å²) in [6.07, 6.45) is 5.13. The maximum atomic E-state index is 6.09. The molecule has 1 fully saturated rings. The molecule has 1 aromatic heterocycles. The average molecular weight is 255 g/mol. The third-order valence-corrected chi connectivity index (χ3v) is 4.38. The highest BCUT2D eigenvalue weighted by molar-refractivity contribution is 5.77. The third kappa shape index (κ3) is 2.14. The Morgan fingerprint density at radius 2 is 1.89 bits per heavy atom. The Hall–Kier alpha value is -1.77. The van der Waals surface area contributed by atoms with Crippen LogP contribution in [0.2, 0.25) is 0 Å². The molecule has 100 valence electrons. The Kier molecular flexibility index (Phi) is 3.05. The summed E-state index contributed by atoms with van der Waals surface area (Å²) in [5.74, 6) is 1.23. The van der Waals surface area contributed by atoms with Gasteiger partial charge < -0.3 is 5.73 Å². The molecule has 0 saturated heterocycles. The molecule has 0 aliphatic heterocycles. The lowest BCUT2D eigenvalue weighted by Crippen LogP contribution is -1.97. The fraction of sp³-hybridized carbons (Fsp3) is 0.438. The number of H-pyrrole nitrogens is 1. The summed E-state index contributed by atoms with van der Waals surface area (Å²) < 4.78 is 0. The molecule has 3 heteroatoms. The van der Waals surface area contributed by atoms with Gasteiger partial charge in [0, 0.05) is 17.2 Å². The molecule has 0 bridgehead atoms. The molecular formula is C16H21N3. The molecule has 1 aliphatic rings. The Balaban J connectivity index is 2.08. The van der Waals surface area contributed by atoms with Gasteiger partial charge in [0.25, 0.3) is 0 Å². The number of aromatic nitrogens is 2. The van der Waals surface area contributed by atoms with E-state index < -0.39 is 0 Å². The number of aryl methyl sites for hydroxylation is 2. The van der Waals surface area contributed by atoms with Crippen LogP contribution < -0.4 is 5.73 Å². The quantitative estimate of drug-likeness (QED) is 0.854. The molecule has 0 radical (unpaired) electrons. The van der Waals surface area contributed by atoms with Crippen LogP contribution in [-0.4, -0.2) is 10.2 Å². The van der Waals surface area contributed by atoms with Gasteiger partial charge in [0.15, 0.2) is 5.82 Å². The molecule has 0 amide bonds. The van der Waals surface area contributed by atoms with Crippen LogP contribution in [0, 0.1) is 13.8 Å². The minimum Gasteiger partial charge on any atom is -0.382 e. The molecule has 3 nitrogen and oxygen atoms in total. The van der Waals surface area contributed by atoms with Crippen molar-refractivity contribution in [3.8, 4) is 11.1 Å². The minimum atomic E-state index is 0.599. The molecular weight excluding hydrogens is 234 g/mol. The Bertz CT molecular complexity index is 592. The first-order valence-electron chi connectivity index (χ1n) is 7.08. The second-order valence-corrected chi connectivity index (χ2v) is 5.68. The van der Waals surface area contributed by atoms with E-state index in [1.54, 1.807) is 0 Å². The number of nitrogen functional groups attached to an aromatic ring is 1. The topological polar surface area (TPSA) is 54.7 Å². The second kappa shape index (κ2) is 4.72. The molecule has 1 aliphatic carbocycles. The zero-order valence-corrected chi connectivity index (χ0v) is 11.7. The summed E-state index contributed by atoms with van der Waals surface area (Å²) in [6, 6.07) is 6.53. The van der Waals surface area contributed by atoms with E-state index in [2.05, 4.69) is 42.2 Å². The normalized spacial score (nSPS) is 16.1. The molecule has 19 heavy (non-hydrogen) atoms. The van der Waals surface area contributed by atoms with Gasteiger partial charge in [-0.3, -0.25) is 5.10 Å². The van der Waals surface area contributed by atoms with E-state index in [-0.39, 0.29) is 0 Å². The van der Waals surface area contributed by atoms with Crippen LogP contribution in [0.25, 0.3) is 11.1 Å². The lowest BCUT2D eigenvalue weighted by Gasteiger charge is -2.11.